The molecule has 0 saturated heterocycles. The van der Waals surface area contributed by atoms with Crippen LogP contribution in [-0.2, 0) is 7.05 Å². The number of para-hydroxylation sites is 1. The van der Waals surface area contributed by atoms with Crippen LogP contribution < -0.4 is 0 Å². The quantitative estimate of drug-likeness (QED) is 0.494. The molecule has 0 radical (unpaired) electrons. The molecule has 0 aliphatic heterocycles. The van der Waals surface area contributed by atoms with Gasteiger partial charge in [-0.1, -0.05) is 12.1 Å². The molecule has 0 unspecified atom stereocenters. The van der Waals surface area contributed by atoms with Crippen LogP contribution >= 0.6 is 0 Å². The highest BCUT2D eigenvalue weighted by Crippen LogP contribution is 2.09. The smallest absolute Gasteiger partial charge is 0.0160 e. The van der Waals surface area contributed by atoms with Crippen LogP contribution in [0.15, 0.2) is 24.3 Å². The highest BCUT2D eigenvalue weighted by Gasteiger charge is 1.83. The number of rotatable bonds is 0. The molecule has 2 rings (SSSR count). The normalized spacial score (nSPS) is 10.5. The fraction of sp³-hybridized carbons (Fsp3) is 0.125. The van der Waals surface area contributed by atoms with Gasteiger partial charge in [-0.3, -0.25) is 5.10 Å². The van der Waals surface area contributed by atoms with E-state index in [9.17, 15) is 0 Å². The van der Waals surface area contributed by atoms with Crippen LogP contribution in [0, 0.1) is 6.20 Å². The summed E-state index contributed by atoms with van der Waals surface area (Å²) in [5.74, 6) is 0. The largest absolute Gasteiger partial charge is 0.334 e. The molecule has 0 fully saturated rings. The number of aromatic nitrogens is 2. The molecule has 1 heterocycles. The van der Waals surface area contributed by atoms with Crippen LogP contribution in [0.4, 0.5) is 0 Å². The zero-order valence-electron chi connectivity index (χ0n) is 5.70. The predicted octanol–water partition coefficient (Wildman–Crippen LogP) is 1.37. The Hall–Kier alpha value is -1.31. The molecule has 0 amide bonds. The second kappa shape index (κ2) is 1.84. The van der Waals surface area contributed by atoms with Crippen LogP contribution in [0.1, 0.15) is 0 Å². The molecule has 2 nitrogen and oxygen atoms in total. The van der Waals surface area contributed by atoms with Crippen molar-refractivity contribution in [3.8, 4) is 0 Å². The Kier molecular flexibility index (Phi) is 1.01. The zero-order valence-corrected chi connectivity index (χ0v) is 5.70. The molecule has 2 heteroatoms. The first kappa shape index (κ1) is 5.47. The van der Waals surface area contributed by atoms with Crippen molar-refractivity contribution in [2.24, 2.45) is 7.05 Å². The van der Waals surface area contributed by atoms with Gasteiger partial charge < -0.3 is 4.68 Å². The van der Waals surface area contributed by atoms with E-state index in [0.717, 1.165) is 10.9 Å². The summed E-state index contributed by atoms with van der Waals surface area (Å²) in [6.45, 7) is 0. The topological polar surface area (TPSA) is 17.8 Å². The lowest BCUT2D eigenvalue weighted by molar-refractivity contribution is 0.794. The van der Waals surface area contributed by atoms with E-state index in [2.05, 4.69) is 11.3 Å². The van der Waals surface area contributed by atoms with E-state index in [1.165, 1.54) is 0 Å². The van der Waals surface area contributed by atoms with Crippen LogP contribution in [-0.4, -0.2) is 9.78 Å². The van der Waals surface area contributed by atoms with E-state index in [1.807, 2.05) is 36.0 Å². The van der Waals surface area contributed by atoms with Gasteiger partial charge in [-0.25, -0.2) is 0 Å². The van der Waals surface area contributed by atoms with E-state index in [4.69, 9.17) is 0 Å². The highest BCUT2D eigenvalue weighted by atomic mass is 15.2. The Labute approximate surface area is 59.1 Å². The maximum atomic E-state index is 3.99. The Morgan fingerprint density at radius 1 is 1.40 bits per heavy atom. The number of aryl methyl sites for hydroxylation is 1. The van der Waals surface area contributed by atoms with Crippen molar-refractivity contribution in [2.75, 3.05) is 0 Å². The van der Waals surface area contributed by atoms with Crippen LogP contribution in [0.2, 0.25) is 0 Å². The molecular formula is C8H7N2-. The third kappa shape index (κ3) is 0.620. The Balaban J connectivity index is 2.93. The first-order valence-electron chi connectivity index (χ1n) is 3.17. The monoisotopic (exact) mass is 131 g/mol. The van der Waals surface area contributed by atoms with Gasteiger partial charge in [-0.05, 0) is 11.7 Å². The molecule has 2 aromatic rings. The van der Waals surface area contributed by atoms with Crippen molar-refractivity contribution in [3.05, 3.63) is 30.5 Å². The van der Waals surface area contributed by atoms with Crippen molar-refractivity contribution in [2.45, 2.75) is 0 Å². The molecule has 0 N–H and O–H groups in total. The van der Waals surface area contributed by atoms with E-state index in [-0.39, 0.29) is 0 Å². The third-order valence-corrected chi connectivity index (χ3v) is 1.57. The summed E-state index contributed by atoms with van der Waals surface area (Å²) in [6.07, 6.45) is 2.90. The summed E-state index contributed by atoms with van der Waals surface area (Å²) in [5, 5.41) is 5.06. The van der Waals surface area contributed by atoms with Gasteiger partial charge in [-0.15, -0.1) is 11.5 Å². The minimum absolute atomic E-state index is 1.07. The minimum Gasteiger partial charge on any atom is -0.334 e. The molecule has 0 aliphatic carbocycles. The molecule has 1 aromatic carbocycles. The molecule has 0 atom stereocenters. The van der Waals surface area contributed by atoms with Crippen molar-refractivity contribution in [1.29, 1.82) is 0 Å². The van der Waals surface area contributed by atoms with Gasteiger partial charge in [0.25, 0.3) is 0 Å². The van der Waals surface area contributed by atoms with Crippen LogP contribution in [0.3, 0.4) is 0 Å². The molecule has 1 aromatic heterocycles. The predicted molar refractivity (Wildman–Crippen MR) is 39.6 cm³/mol. The fourth-order valence-electron chi connectivity index (χ4n) is 1.03. The lowest BCUT2D eigenvalue weighted by Crippen LogP contribution is -1.87. The van der Waals surface area contributed by atoms with E-state index in [0.29, 0.717) is 0 Å². The summed E-state index contributed by atoms with van der Waals surface area (Å²) in [4.78, 5) is 0. The standard InChI is InChI=1S/C8H7N2/c1-10-8-5-3-2-4-7(8)6-9-10/h2-5H,1H3/q-1. The van der Waals surface area contributed by atoms with Crippen LogP contribution in [0.25, 0.3) is 10.9 Å². The summed E-state index contributed by atoms with van der Waals surface area (Å²) < 4.78 is 1.81. The molecule has 50 valence electrons. The average molecular weight is 131 g/mol. The van der Waals surface area contributed by atoms with E-state index < -0.39 is 0 Å². The summed E-state index contributed by atoms with van der Waals surface area (Å²) in [7, 11) is 1.92. The van der Waals surface area contributed by atoms with E-state index >= 15 is 0 Å². The van der Waals surface area contributed by atoms with E-state index in [1.54, 1.807) is 0 Å². The lowest BCUT2D eigenvalue weighted by atomic mass is 10.3. The van der Waals surface area contributed by atoms with Gasteiger partial charge in [0, 0.05) is 7.05 Å². The van der Waals surface area contributed by atoms with Gasteiger partial charge in [-0.2, -0.15) is 6.07 Å². The molecular weight excluding hydrogens is 124 g/mol. The second-order valence-corrected chi connectivity index (χ2v) is 2.25. The maximum absolute atomic E-state index is 3.99. The van der Waals surface area contributed by atoms with Gasteiger partial charge >= 0.3 is 0 Å². The van der Waals surface area contributed by atoms with Crippen molar-refractivity contribution >= 4 is 10.9 Å². The number of hydrogen-bond acceptors (Lipinski definition) is 1. The fourth-order valence-corrected chi connectivity index (χ4v) is 1.03. The maximum Gasteiger partial charge on any atom is 0.0160 e. The number of benzene rings is 1. The minimum atomic E-state index is 1.07. The highest BCUT2D eigenvalue weighted by molar-refractivity contribution is 5.77. The number of nitrogens with zero attached hydrogens (tertiary/aromatic N) is 2. The van der Waals surface area contributed by atoms with Crippen molar-refractivity contribution in [3.63, 3.8) is 0 Å². The summed E-state index contributed by atoms with van der Waals surface area (Å²) >= 11 is 0. The van der Waals surface area contributed by atoms with Gasteiger partial charge in [0.05, 0.1) is 0 Å². The Morgan fingerprint density at radius 3 is 3.00 bits per heavy atom. The third-order valence-electron chi connectivity index (χ3n) is 1.57. The van der Waals surface area contributed by atoms with Crippen molar-refractivity contribution in [1.82, 2.24) is 9.78 Å². The molecule has 0 saturated carbocycles. The average Bonchev–Trinajstić information content (AvgIpc) is 2.34. The van der Waals surface area contributed by atoms with Crippen molar-refractivity contribution < 1.29 is 0 Å². The number of hydrogen-bond donors (Lipinski definition) is 0. The Morgan fingerprint density at radius 2 is 2.20 bits per heavy atom. The molecule has 10 heavy (non-hydrogen) atoms. The van der Waals surface area contributed by atoms with Gasteiger partial charge in [0.15, 0.2) is 0 Å². The van der Waals surface area contributed by atoms with Crippen LogP contribution in [0.5, 0.6) is 0 Å². The zero-order chi connectivity index (χ0) is 6.97. The molecule has 0 bridgehead atoms. The summed E-state index contributed by atoms with van der Waals surface area (Å²) in [6, 6.07) is 8.01. The SMILES string of the molecule is Cn1n[c-]c2ccccc21. The summed E-state index contributed by atoms with van der Waals surface area (Å²) in [5.41, 5.74) is 1.13. The molecule has 0 spiro atoms. The second-order valence-electron chi connectivity index (χ2n) is 2.25. The Bertz CT molecular complexity index is 349. The first-order valence-corrected chi connectivity index (χ1v) is 3.17. The first-order chi connectivity index (χ1) is 4.88. The van der Waals surface area contributed by atoms with Gasteiger partial charge in [0.2, 0.25) is 0 Å². The van der Waals surface area contributed by atoms with Gasteiger partial charge in [0.1, 0.15) is 0 Å². The molecule has 0 aliphatic rings. The lowest BCUT2D eigenvalue weighted by Gasteiger charge is -1.98. The number of fused-ring (bicyclic) bond motifs is 1.